The molecule has 0 spiro atoms. The second-order valence-electron chi connectivity index (χ2n) is 4.75. The molecule has 0 fully saturated rings. The van der Waals surface area contributed by atoms with E-state index >= 15 is 0 Å². The Labute approximate surface area is 127 Å². The van der Waals surface area contributed by atoms with Crippen LogP contribution < -0.4 is 4.74 Å². The average molecular weight is 304 g/mol. The number of nitro benzene ring substituents is 1. The molecule has 0 bridgehead atoms. The molecular weight excluding hydrogens is 288 g/mol. The van der Waals surface area contributed by atoms with Crippen LogP contribution in [-0.4, -0.2) is 29.9 Å². The molecule has 7 nitrogen and oxygen atoms in total. The van der Waals surface area contributed by atoms with Crippen molar-refractivity contribution in [3.63, 3.8) is 0 Å². The summed E-state index contributed by atoms with van der Waals surface area (Å²) in [4.78, 5) is 24.4. The van der Waals surface area contributed by atoms with Crippen molar-refractivity contribution in [1.29, 1.82) is 0 Å². The van der Waals surface area contributed by atoms with Gasteiger partial charge >= 0.3 is 5.69 Å². The zero-order valence-corrected chi connectivity index (χ0v) is 12.5. The van der Waals surface area contributed by atoms with Gasteiger partial charge in [0.1, 0.15) is 5.76 Å². The highest BCUT2D eigenvalue weighted by molar-refractivity contribution is 5.95. The van der Waals surface area contributed by atoms with Crippen molar-refractivity contribution in [2.45, 2.75) is 13.0 Å². The summed E-state index contributed by atoms with van der Waals surface area (Å²) in [5.41, 5.74) is -0.0270. The number of nitrogens with zero attached hydrogens (tertiary/aromatic N) is 2. The summed E-state index contributed by atoms with van der Waals surface area (Å²) in [6.45, 7) is 1.81. The number of benzene rings is 1. The largest absolute Gasteiger partial charge is 0.490 e. The smallest absolute Gasteiger partial charge is 0.311 e. The Balaban J connectivity index is 2.29. The van der Waals surface area contributed by atoms with Gasteiger partial charge in [0.25, 0.3) is 5.91 Å². The molecule has 0 radical (unpaired) electrons. The van der Waals surface area contributed by atoms with Crippen LogP contribution in [0.1, 0.15) is 29.1 Å². The fourth-order valence-corrected chi connectivity index (χ4v) is 2.07. The molecule has 2 rings (SSSR count). The van der Waals surface area contributed by atoms with E-state index in [1.807, 2.05) is 6.92 Å². The van der Waals surface area contributed by atoms with Crippen LogP contribution in [0.25, 0.3) is 0 Å². The molecule has 2 aromatic rings. The Morgan fingerprint density at radius 2 is 2.14 bits per heavy atom. The summed E-state index contributed by atoms with van der Waals surface area (Å²) in [6.07, 6.45) is 1.53. The van der Waals surface area contributed by atoms with Gasteiger partial charge in [0, 0.05) is 18.7 Å². The number of nitro groups is 1. The van der Waals surface area contributed by atoms with Crippen LogP contribution in [0.3, 0.4) is 0 Å². The van der Waals surface area contributed by atoms with Crippen LogP contribution in [0, 0.1) is 10.1 Å². The monoisotopic (exact) mass is 304 g/mol. The molecule has 0 aliphatic carbocycles. The quantitative estimate of drug-likeness (QED) is 0.626. The van der Waals surface area contributed by atoms with E-state index in [0.29, 0.717) is 5.76 Å². The lowest BCUT2D eigenvalue weighted by atomic mass is 10.1. The zero-order valence-electron chi connectivity index (χ0n) is 12.5. The number of hydrogen-bond donors (Lipinski definition) is 0. The van der Waals surface area contributed by atoms with Crippen LogP contribution in [0.5, 0.6) is 5.75 Å². The van der Waals surface area contributed by atoms with E-state index in [2.05, 4.69) is 0 Å². The molecule has 0 N–H and O–H groups in total. The third kappa shape index (κ3) is 2.93. The molecule has 1 heterocycles. The normalized spacial score (nSPS) is 11.8. The Bertz CT molecular complexity index is 681. The highest BCUT2D eigenvalue weighted by atomic mass is 16.6. The van der Waals surface area contributed by atoms with E-state index < -0.39 is 4.92 Å². The molecule has 1 unspecified atom stereocenters. The van der Waals surface area contributed by atoms with Gasteiger partial charge in [0.05, 0.1) is 24.3 Å². The molecule has 1 aromatic heterocycles. The van der Waals surface area contributed by atoms with Gasteiger partial charge in [-0.05, 0) is 31.2 Å². The molecule has 0 aliphatic rings. The molecule has 7 heteroatoms. The topological polar surface area (TPSA) is 85.8 Å². The van der Waals surface area contributed by atoms with Crippen molar-refractivity contribution in [1.82, 2.24) is 4.90 Å². The molecule has 1 aromatic carbocycles. The van der Waals surface area contributed by atoms with Crippen LogP contribution >= 0.6 is 0 Å². The zero-order chi connectivity index (χ0) is 16.3. The molecule has 116 valence electrons. The number of carbonyl (C=O) groups is 1. The highest BCUT2D eigenvalue weighted by Crippen LogP contribution is 2.29. The van der Waals surface area contributed by atoms with Crippen molar-refractivity contribution < 1.29 is 18.9 Å². The summed E-state index contributed by atoms with van der Waals surface area (Å²) >= 11 is 0. The molecule has 0 aliphatic heterocycles. The first kappa shape index (κ1) is 15.6. The first-order valence-electron chi connectivity index (χ1n) is 6.58. The minimum absolute atomic E-state index is 0.114. The summed E-state index contributed by atoms with van der Waals surface area (Å²) in [5.74, 6) is 0.414. The fourth-order valence-electron chi connectivity index (χ4n) is 2.07. The van der Waals surface area contributed by atoms with Crippen molar-refractivity contribution in [3.05, 3.63) is 58.0 Å². The Kier molecular flexibility index (Phi) is 4.45. The van der Waals surface area contributed by atoms with Crippen LogP contribution in [0.4, 0.5) is 5.69 Å². The third-order valence-corrected chi connectivity index (χ3v) is 3.48. The maximum absolute atomic E-state index is 12.5. The first-order chi connectivity index (χ1) is 10.5. The molecular formula is C15H16N2O5. The number of furan rings is 1. The van der Waals surface area contributed by atoms with E-state index in [9.17, 15) is 14.9 Å². The number of rotatable bonds is 5. The number of hydrogen-bond acceptors (Lipinski definition) is 5. The Morgan fingerprint density at radius 3 is 2.68 bits per heavy atom. The lowest BCUT2D eigenvalue weighted by Crippen LogP contribution is -2.29. The van der Waals surface area contributed by atoms with Gasteiger partial charge in [-0.1, -0.05) is 0 Å². The maximum Gasteiger partial charge on any atom is 0.311 e. The third-order valence-electron chi connectivity index (χ3n) is 3.48. The molecule has 0 saturated heterocycles. The number of methoxy groups -OCH3 is 1. The minimum Gasteiger partial charge on any atom is -0.490 e. The molecule has 0 saturated carbocycles. The SMILES string of the molecule is COc1ccc(C(=O)N(C)C(C)c2ccco2)cc1[N+](=O)[O-]. The Morgan fingerprint density at radius 1 is 1.41 bits per heavy atom. The summed E-state index contributed by atoms with van der Waals surface area (Å²) < 4.78 is 10.2. The van der Waals surface area contributed by atoms with E-state index in [-0.39, 0.29) is 28.9 Å². The molecule has 22 heavy (non-hydrogen) atoms. The number of carbonyl (C=O) groups excluding carboxylic acids is 1. The van der Waals surface area contributed by atoms with Gasteiger partial charge in [0.15, 0.2) is 5.75 Å². The van der Waals surface area contributed by atoms with Crippen molar-refractivity contribution in [3.8, 4) is 5.75 Å². The standard InChI is InChI=1S/C15H16N2O5/c1-10(13-5-4-8-22-13)16(2)15(18)11-6-7-14(21-3)12(9-11)17(19)20/h4-10H,1-3H3. The van der Waals surface area contributed by atoms with Crippen molar-refractivity contribution in [2.75, 3.05) is 14.2 Å². The fraction of sp³-hybridized carbons (Fsp3) is 0.267. The van der Waals surface area contributed by atoms with Gasteiger partial charge in [-0.2, -0.15) is 0 Å². The van der Waals surface area contributed by atoms with Gasteiger partial charge in [-0.25, -0.2) is 0 Å². The molecule has 1 amide bonds. The van der Waals surface area contributed by atoms with E-state index in [1.165, 1.54) is 36.5 Å². The van der Waals surface area contributed by atoms with Gasteiger partial charge < -0.3 is 14.1 Å². The van der Waals surface area contributed by atoms with E-state index in [4.69, 9.17) is 9.15 Å². The summed E-state index contributed by atoms with van der Waals surface area (Å²) in [7, 11) is 2.96. The van der Waals surface area contributed by atoms with Crippen molar-refractivity contribution in [2.24, 2.45) is 0 Å². The second kappa shape index (κ2) is 6.30. The minimum atomic E-state index is -0.578. The van der Waals surface area contributed by atoms with E-state index in [1.54, 1.807) is 19.2 Å². The summed E-state index contributed by atoms with van der Waals surface area (Å²) in [5, 5.41) is 11.0. The van der Waals surface area contributed by atoms with Crippen LogP contribution in [0.2, 0.25) is 0 Å². The number of ether oxygens (including phenoxy) is 1. The second-order valence-corrected chi connectivity index (χ2v) is 4.75. The summed E-state index contributed by atoms with van der Waals surface area (Å²) in [6, 6.07) is 7.35. The van der Waals surface area contributed by atoms with E-state index in [0.717, 1.165) is 0 Å². The lowest BCUT2D eigenvalue weighted by molar-refractivity contribution is -0.385. The van der Waals surface area contributed by atoms with Crippen molar-refractivity contribution >= 4 is 11.6 Å². The highest BCUT2D eigenvalue weighted by Gasteiger charge is 2.24. The number of amides is 1. The lowest BCUT2D eigenvalue weighted by Gasteiger charge is -2.23. The van der Waals surface area contributed by atoms with Gasteiger partial charge in [-0.3, -0.25) is 14.9 Å². The average Bonchev–Trinajstić information content (AvgIpc) is 3.06. The predicted octanol–water partition coefficient (Wildman–Crippen LogP) is 3.03. The molecule has 1 atom stereocenters. The van der Waals surface area contributed by atoms with Gasteiger partial charge in [-0.15, -0.1) is 0 Å². The maximum atomic E-state index is 12.5. The predicted molar refractivity (Wildman–Crippen MR) is 78.9 cm³/mol. The first-order valence-corrected chi connectivity index (χ1v) is 6.58. The van der Waals surface area contributed by atoms with Crippen LogP contribution in [-0.2, 0) is 0 Å². The Hall–Kier alpha value is -2.83. The van der Waals surface area contributed by atoms with Crippen LogP contribution in [0.15, 0.2) is 41.0 Å². The van der Waals surface area contributed by atoms with Gasteiger partial charge in [0.2, 0.25) is 0 Å².